The quantitative estimate of drug-likeness (QED) is 0.275. The van der Waals surface area contributed by atoms with Crippen molar-refractivity contribution >= 4 is 11.8 Å². The van der Waals surface area contributed by atoms with E-state index >= 15 is 0 Å². The fourth-order valence-electron chi connectivity index (χ4n) is 1.12. The van der Waals surface area contributed by atoms with Crippen LogP contribution in [0.3, 0.4) is 0 Å². The molecule has 0 rings (SSSR count). The normalized spacial score (nSPS) is 11.1. The minimum absolute atomic E-state index is 0.0990. The summed E-state index contributed by atoms with van der Waals surface area (Å²) in [6, 6.07) is 0. The van der Waals surface area contributed by atoms with Gasteiger partial charge in [0, 0.05) is 12.5 Å². The summed E-state index contributed by atoms with van der Waals surface area (Å²) in [6.45, 7) is 4.21. The van der Waals surface area contributed by atoms with E-state index in [0.717, 1.165) is 19.3 Å². The molecule has 0 bridgehead atoms. The summed E-state index contributed by atoms with van der Waals surface area (Å²) < 4.78 is 4.68. The molecule has 0 aliphatic rings. The van der Waals surface area contributed by atoms with Crippen molar-refractivity contribution in [1.82, 2.24) is 0 Å². The number of rotatable bonds is 8. The van der Waals surface area contributed by atoms with Crippen LogP contribution in [0.15, 0.2) is 24.3 Å². The maximum atomic E-state index is 11.3. The maximum Gasteiger partial charge on any atom is 0.330 e. The van der Waals surface area contributed by atoms with Gasteiger partial charge in [0.2, 0.25) is 0 Å². The molecule has 3 nitrogen and oxygen atoms in total. The maximum absolute atomic E-state index is 11.3. The van der Waals surface area contributed by atoms with Crippen LogP contribution in [0.4, 0.5) is 0 Å². The van der Waals surface area contributed by atoms with Crippen molar-refractivity contribution in [2.75, 3.05) is 6.61 Å². The van der Waals surface area contributed by atoms with E-state index in [2.05, 4.69) is 11.7 Å². The Kier molecular flexibility index (Phi) is 9.27. The van der Waals surface area contributed by atoms with E-state index in [0.29, 0.717) is 13.0 Å². The molecule has 0 saturated heterocycles. The lowest BCUT2D eigenvalue weighted by molar-refractivity contribution is -0.137. The standard InChI is InChI=1S/C13H20O3/c1-3-5-6-9-12(14)10-7-8-11-13(15)16-4-2/h7-8,10-11H,3-6,9H2,1-2H3/b10-7+,11-8+. The molecule has 0 amide bonds. The molecular weight excluding hydrogens is 204 g/mol. The smallest absolute Gasteiger partial charge is 0.330 e. The number of ether oxygens (including phenoxy) is 1. The van der Waals surface area contributed by atoms with Gasteiger partial charge in [0.1, 0.15) is 0 Å². The van der Waals surface area contributed by atoms with Gasteiger partial charge in [-0.1, -0.05) is 31.9 Å². The van der Waals surface area contributed by atoms with E-state index < -0.39 is 0 Å². The predicted octanol–water partition coefficient (Wildman–Crippen LogP) is 2.81. The van der Waals surface area contributed by atoms with Crippen molar-refractivity contribution < 1.29 is 14.3 Å². The molecule has 0 N–H and O–H groups in total. The average molecular weight is 224 g/mol. The second-order valence-electron chi connectivity index (χ2n) is 3.39. The number of unbranched alkanes of at least 4 members (excludes halogenated alkanes) is 2. The van der Waals surface area contributed by atoms with Gasteiger partial charge in [-0.05, 0) is 19.4 Å². The molecule has 3 heteroatoms. The molecular formula is C13H20O3. The second kappa shape index (κ2) is 10.1. The van der Waals surface area contributed by atoms with Gasteiger partial charge in [-0.25, -0.2) is 4.79 Å². The molecule has 0 saturated carbocycles. The Hall–Kier alpha value is -1.38. The zero-order chi connectivity index (χ0) is 12.2. The van der Waals surface area contributed by atoms with E-state index in [1.807, 2.05) is 0 Å². The van der Waals surface area contributed by atoms with Crippen LogP contribution in [-0.4, -0.2) is 18.4 Å². The van der Waals surface area contributed by atoms with Crippen molar-refractivity contribution in [1.29, 1.82) is 0 Å². The van der Waals surface area contributed by atoms with Gasteiger partial charge >= 0.3 is 5.97 Å². The zero-order valence-electron chi connectivity index (χ0n) is 10.1. The molecule has 0 aromatic carbocycles. The zero-order valence-corrected chi connectivity index (χ0v) is 10.1. The molecule has 0 aromatic rings. The summed E-state index contributed by atoms with van der Waals surface area (Å²) in [7, 11) is 0. The SMILES string of the molecule is CCCCCC(=O)/C=C/C=C/C(=O)OCC. The molecule has 0 heterocycles. The summed E-state index contributed by atoms with van der Waals surface area (Å²) in [5, 5.41) is 0. The van der Waals surface area contributed by atoms with Crippen LogP contribution in [0.2, 0.25) is 0 Å². The summed E-state index contributed by atoms with van der Waals surface area (Å²) in [4.78, 5) is 22.1. The highest BCUT2D eigenvalue weighted by Crippen LogP contribution is 2.00. The number of carbonyl (C=O) groups excluding carboxylic acids is 2. The van der Waals surface area contributed by atoms with E-state index in [1.54, 1.807) is 13.0 Å². The van der Waals surface area contributed by atoms with Gasteiger partial charge in [-0.15, -0.1) is 0 Å². The average Bonchev–Trinajstić information content (AvgIpc) is 2.25. The summed E-state index contributed by atoms with van der Waals surface area (Å²) in [5.41, 5.74) is 0. The topological polar surface area (TPSA) is 43.4 Å². The van der Waals surface area contributed by atoms with Gasteiger partial charge in [-0.2, -0.15) is 0 Å². The minimum Gasteiger partial charge on any atom is -0.463 e. The van der Waals surface area contributed by atoms with Crippen molar-refractivity contribution in [3.05, 3.63) is 24.3 Å². The Balaban J connectivity index is 3.73. The van der Waals surface area contributed by atoms with Crippen LogP contribution in [0, 0.1) is 0 Å². The van der Waals surface area contributed by atoms with Crippen LogP contribution in [0.5, 0.6) is 0 Å². The summed E-state index contributed by atoms with van der Waals surface area (Å²) >= 11 is 0. The third-order valence-corrected chi connectivity index (χ3v) is 1.94. The lowest BCUT2D eigenvalue weighted by Crippen LogP contribution is -1.98. The van der Waals surface area contributed by atoms with Crippen LogP contribution in [0.1, 0.15) is 39.5 Å². The number of esters is 1. The van der Waals surface area contributed by atoms with E-state index in [-0.39, 0.29) is 11.8 Å². The second-order valence-corrected chi connectivity index (χ2v) is 3.39. The predicted molar refractivity (Wildman–Crippen MR) is 64.1 cm³/mol. The fourth-order valence-corrected chi connectivity index (χ4v) is 1.12. The highest BCUT2D eigenvalue weighted by atomic mass is 16.5. The first-order valence-corrected chi connectivity index (χ1v) is 5.75. The number of carbonyl (C=O) groups is 2. The van der Waals surface area contributed by atoms with Crippen LogP contribution >= 0.6 is 0 Å². The van der Waals surface area contributed by atoms with Crippen molar-refractivity contribution in [2.45, 2.75) is 39.5 Å². The Morgan fingerprint density at radius 1 is 1.06 bits per heavy atom. The van der Waals surface area contributed by atoms with Gasteiger partial charge in [-0.3, -0.25) is 4.79 Å². The molecule has 0 aromatic heterocycles. The third kappa shape index (κ3) is 9.19. The Morgan fingerprint density at radius 3 is 2.38 bits per heavy atom. The third-order valence-electron chi connectivity index (χ3n) is 1.94. The summed E-state index contributed by atoms with van der Waals surface area (Å²) in [5.74, 6) is -0.285. The van der Waals surface area contributed by atoms with Gasteiger partial charge < -0.3 is 4.74 Å². The highest BCUT2D eigenvalue weighted by molar-refractivity contribution is 5.90. The largest absolute Gasteiger partial charge is 0.463 e. The van der Waals surface area contributed by atoms with E-state index in [9.17, 15) is 9.59 Å². The molecule has 0 aliphatic heterocycles. The van der Waals surface area contributed by atoms with Crippen molar-refractivity contribution in [2.24, 2.45) is 0 Å². The van der Waals surface area contributed by atoms with Gasteiger partial charge in [0.15, 0.2) is 5.78 Å². The molecule has 0 radical (unpaired) electrons. The number of ketones is 1. The van der Waals surface area contributed by atoms with Gasteiger partial charge in [0.05, 0.1) is 6.61 Å². The molecule has 90 valence electrons. The van der Waals surface area contributed by atoms with Crippen LogP contribution in [0.25, 0.3) is 0 Å². The Morgan fingerprint density at radius 2 is 1.75 bits per heavy atom. The number of hydrogen-bond donors (Lipinski definition) is 0. The van der Waals surface area contributed by atoms with Crippen LogP contribution in [-0.2, 0) is 14.3 Å². The minimum atomic E-state index is -0.384. The highest BCUT2D eigenvalue weighted by Gasteiger charge is 1.95. The first-order valence-electron chi connectivity index (χ1n) is 5.75. The monoisotopic (exact) mass is 224 g/mol. The van der Waals surface area contributed by atoms with Crippen molar-refractivity contribution in [3.8, 4) is 0 Å². The van der Waals surface area contributed by atoms with E-state index in [1.165, 1.54) is 18.2 Å². The molecule has 0 unspecified atom stereocenters. The van der Waals surface area contributed by atoms with Crippen molar-refractivity contribution in [3.63, 3.8) is 0 Å². The van der Waals surface area contributed by atoms with Gasteiger partial charge in [0.25, 0.3) is 0 Å². The first kappa shape index (κ1) is 14.6. The molecule has 16 heavy (non-hydrogen) atoms. The summed E-state index contributed by atoms with van der Waals surface area (Å²) in [6.07, 6.45) is 9.60. The lowest BCUT2D eigenvalue weighted by Gasteiger charge is -1.93. The Labute approximate surface area is 97.2 Å². The van der Waals surface area contributed by atoms with Crippen LogP contribution < -0.4 is 0 Å². The number of allylic oxidation sites excluding steroid dienone is 3. The fraction of sp³-hybridized carbons (Fsp3) is 0.538. The molecule has 0 atom stereocenters. The Bertz CT molecular complexity index is 264. The first-order chi connectivity index (χ1) is 7.70. The number of hydrogen-bond acceptors (Lipinski definition) is 3. The molecule has 0 spiro atoms. The lowest BCUT2D eigenvalue weighted by atomic mass is 10.1. The molecule has 0 fully saturated rings. The molecule has 0 aliphatic carbocycles. The van der Waals surface area contributed by atoms with E-state index in [4.69, 9.17) is 0 Å².